The number of anilines is 1. The van der Waals surface area contributed by atoms with Gasteiger partial charge in [-0.2, -0.15) is 5.10 Å². The maximum Gasteiger partial charge on any atom is 0.264 e. The van der Waals surface area contributed by atoms with Gasteiger partial charge in [0.25, 0.3) is 15.9 Å². The van der Waals surface area contributed by atoms with Gasteiger partial charge in [0.15, 0.2) is 0 Å². The molecule has 3 aromatic rings. The molecule has 3 aromatic carbocycles. The minimum atomic E-state index is -4.04. The van der Waals surface area contributed by atoms with Crippen LogP contribution >= 0.6 is 0 Å². The van der Waals surface area contributed by atoms with Gasteiger partial charge in [0.2, 0.25) is 0 Å². The second kappa shape index (κ2) is 10.5. The number of hydrazone groups is 1. The van der Waals surface area contributed by atoms with Gasteiger partial charge in [0.05, 0.1) is 23.4 Å². The van der Waals surface area contributed by atoms with Crippen molar-refractivity contribution in [2.45, 2.75) is 11.8 Å². The van der Waals surface area contributed by atoms with E-state index in [1.54, 1.807) is 60.7 Å². The van der Waals surface area contributed by atoms with Crippen LogP contribution in [0.5, 0.6) is 11.5 Å². The SMILES string of the molecule is CCOc1ccc(S(=O)(=O)N(CC(=O)N/N=C\c2ccccc2O)c2ccccc2)cc1. The molecule has 0 aliphatic carbocycles. The molecule has 0 aromatic heterocycles. The van der Waals surface area contributed by atoms with Gasteiger partial charge < -0.3 is 9.84 Å². The number of phenolic OH excluding ortho intramolecular Hbond substituents is 1. The number of sulfonamides is 1. The van der Waals surface area contributed by atoms with Crippen LogP contribution in [0.4, 0.5) is 5.69 Å². The molecule has 0 bridgehead atoms. The molecule has 0 unspecified atom stereocenters. The van der Waals surface area contributed by atoms with Crippen LogP contribution < -0.4 is 14.5 Å². The van der Waals surface area contributed by atoms with Crippen LogP contribution in [0.15, 0.2) is 88.9 Å². The highest BCUT2D eigenvalue weighted by Crippen LogP contribution is 2.25. The van der Waals surface area contributed by atoms with E-state index in [-0.39, 0.29) is 10.6 Å². The Morgan fingerprint density at radius 3 is 2.34 bits per heavy atom. The first kappa shape index (κ1) is 22.8. The van der Waals surface area contributed by atoms with Crippen LogP contribution in [-0.2, 0) is 14.8 Å². The molecule has 0 aliphatic rings. The van der Waals surface area contributed by atoms with E-state index in [1.165, 1.54) is 24.4 Å². The number of hydrogen-bond donors (Lipinski definition) is 2. The van der Waals surface area contributed by atoms with Gasteiger partial charge in [0, 0.05) is 5.56 Å². The van der Waals surface area contributed by atoms with Gasteiger partial charge in [-0.1, -0.05) is 30.3 Å². The molecule has 0 atom stereocenters. The molecule has 32 heavy (non-hydrogen) atoms. The lowest BCUT2D eigenvalue weighted by Crippen LogP contribution is -2.39. The molecule has 0 radical (unpaired) electrons. The summed E-state index contributed by atoms with van der Waals surface area (Å²) >= 11 is 0. The first-order valence-electron chi connectivity index (χ1n) is 9.82. The molecule has 0 spiro atoms. The summed E-state index contributed by atoms with van der Waals surface area (Å²) in [6.07, 6.45) is 1.28. The maximum absolute atomic E-state index is 13.3. The zero-order valence-corrected chi connectivity index (χ0v) is 18.2. The summed E-state index contributed by atoms with van der Waals surface area (Å²) in [4.78, 5) is 12.5. The number of phenols is 1. The van der Waals surface area contributed by atoms with Crippen molar-refractivity contribution in [3.05, 3.63) is 84.4 Å². The Balaban J connectivity index is 1.81. The van der Waals surface area contributed by atoms with Gasteiger partial charge in [-0.05, 0) is 55.5 Å². The Hall–Kier alpha value is -3.85. The Morgan fingerprint density at radius 1 is 1.03 bits per heavy atom. The highest BCUT2D eigenvalue weighted by molar-refractivity contribution is 7.92. The lowest BCUT2D eigenvalue weighted by Gasteiger charge is -2.23. The van der Waals surface area contributed by atoms with Crippen molar-refractivity contribution in [1.82, 2.24) is 5.43 Å². The first-order valence-corrected chi connectivity index (χ1v) is 11.3. The average molecular weight is 454 g/mol. The predicted molar refractivity (Wildman–Crippen MR) is 122 cm³/mol. The van der Waals surface area contributed by atoms with Gasteiger partial charge in [-0.3, -0.25) is 9.10 Å². The van der Waals surface area contributed by atoms with Gasteiger partial charge in [-0.15, -0.1) is 0 Å². The molecule has 3 rings (SSSR count). The smallest absolute Gasteiger partial charge is 0.264 e. The van der Waals surface area contributed by atoms with Crippen molar-refractivity contribution >= 4 is 27.8 Å². The largest absolute Gasteiger partial charge is 0.507 e. The van der Waals surface area contributed by atoms with E-state index < -0.39 is 22.5 Å². The topological polar surface area (TPSA) is 108 Å². The van der Waals surface area contributed by atoms with Crippen LogP contribution in [0.3, 0.4) is 0 Å². The molecule has 0 saturated heterocycles. The monoisotopic (exact) mass is 453 g/mol. The van der Waals surface area contributed by atoms with Crippen molar-refractivity contribution in [3.63, 3.8) is 0 Å². The third-order valence-corrected chi connectivity index (χ3v) is 6.17. The van der Waals surface area contributed by atoms with E-state index >= 15 is 0 Å². The fourth-order valence-corrected chi connectivity index (χ4v) is 4.27. The highest BCUT2D eigenvalue weighted by Gasteiger charge is 2.27. The Kier molecular flexibility index (Phi) is 7.45. The number of para-hydroxylation sites is 2. The second-order valence-corrected chi connectivity index (χ2v) is 8.47. The summed E-state index contributed by atoms with van der Waals surface area (Å²) in [5.74, 6) is -0.0847. The number of aromatic hydroxyl groups is 1. The number of hydrogen-bond acceptors (Lipinski definition) is 6. The second-order valence-electron chi connectivity index (χ2n) is 6.60. The van der Waals surface area contributed by atoms with E-state index in [0.717, 1.165) is 4.31 Å². The molecule has 0 saturated carbocycles. The molecule has 8 nitrogen and oxygen atoms in total. The first-order chi connectivity index (χ1) is 15.4. The number of carbonyl (C=O) groups excluding carboxylic acids is 1. The van der Waals surface area contributed by atoms with Crippen LogP contribution in [0.2, 0.25) is 0 Å². The standard InChI is InChI=1S/C23H23N3O5S/c1-2-31-20-12-14-21(15-13-20)32(29,30)26(19-9-4-3-5-10-19)17-23(28)25-24-16-18-8-6-7-11-22(18)27/h3-16,27H,2,17H2,1H3,(H,25,28)/b24-16-. The zero-order valence-electron chi connectivity index (χ0n) is 17.4. The molecule has 1 amide bonds. The molecule has 0 fully saturated rings. The summed E-state index contributed by atoms with van der Waals surface area (Å²) in [6.45, 7) is 1.81. The van der Waals surface area contributed by atoms with E-state index in [2.05, 4.69) is 10.5 Å². The summed E-state index contributed by atoms with van der Waals surface area (Å²) < 4.78 is 33.0. The predicted octanol–water partition coefficient (Wildman–Crippen LogP) is 3.14. The number of rotatable bonds is 9. The zero-order chi connectivity index (χ0) is 23.0. The Bertz CT molecular complexity index is 1180. The molecule has 166 valence electrons. The van der Waals surface area contributed by atoms with Crippen LogP contribution in [0, 0.1) is 0 Å². The molecule has 9 heteroatoms. The van der Waals surface area contributed by atoms with Crippen LogP contribution in [0.25, 0.3) is 0 Å². The minimum Gasteiger partial charge on any atom is -0.507 e. The summed E-state index contributed by atoms with van der Waals surface area (Å²) in [7, 11) is -4.04. The van der Waals surface area contributed by atoms with Crippen molar-refractivity contribution in [1.29, 1.82) is 0 Å². The maximum atomic E-state index is 13.3. The molecule has 0 heterocycles. The van der Waals surface area contributed by atoms with Gasteiger partial charge in [-0.25, -0.2) is 13.8 Å². The van der Waals surface area contributed by atoms with E-state index in [4.69, 9.17) is 4.74 Å². The van der Waals surface area contributed by atoms with E-state index in [9.17, 15) is 18.3 Å². The fraction of sp³-hybridized carbons (Fsp3) is 0.130. The van der Waals surface area contributed by atoms with Crippen molar-refractivity contribution < 1.29 is 23.1 Å². The number of amides is 1. The lowest BCUT2D eigenvalue weighted by molar-refractivity contribution is -0.119. The number of carbonyl (C=O) groups is 1. The Labute approximate surface area is 186 Å². The van der Waals surface area contributed by atoms with E-state index in [0.29, 0.717) is 23.6 Å². The van der Waals surface area contributed by atoms with Crippen LogP contribution in [-0.4, -0.2) is 38.8 Å². The highest BCUT2D eigenvalue weighted by atomic mass is 32.2. The van der Waals surface area contributed by atoms with Crippen molar-refractivity contribution in [2.75, 3.05) is 17.5 Å². The summed E-state index contributed by atoms with van der Waals surface area (Å²) in [5, 5.41) is 13.6. The van der Waals surface area contributed by atoms with Crippen molar-refractivity contribution in [3.8, 4) is 11.5 Å². The molecular formula is C23H23N3O5S. The quantitative estimate of drug-likeness (QED) is 0.382. The van der Waals surface area contributed by atoms with Gasteiger partial charge >= 0.3 is 0 Å². The summed E-state index contributed by atoms with van der Waals surface area (Å²) in [6, 6.07) is 20.8. The number of nitrogens with zero attached hydrogens (tertiary/aromatic N) is 2. The lowest BCUT2D eigenvalue weighted by atomic mass is 10.2. The third kappa shape index (κ3) is 5.64. The summed E-state index contributed by atoms with van der Waals surface area (Å²) in [5.41, 5.74) is 3.05. The van der Waals surface area contributed by atoms with Gasteiger partial charge in [0.1, 0.15) is 18.0 Å². The normalized spacial score (nSPS) is 11.3. The Morgan fingerprint density at radius 2 is 1.69 bits per heavy atom. The van der Waals surface area contributed by atoms with Crippen LogP contribution in [0.1, 0.15) is 12.5 Å². The molecule has 0 aliphatic heterocycles. The average Bonchev–Trinajstić information content (AvgIpc) is 2.80. The minimum absolute atomic E-state index is 0.00879. The number of nitrogens with one attached hydrogen (secondary N) is 1. The van der Waals surface area contributed by atoms with Crippen molar-refractivity contribution in [2.24, 2.45) is 5.10 Å². The molecule has 2 N–H and O–H groups in total. The number of benzene rings is 3. The molecular weight excluding hydrogens is 430 g/mol. The van der Waals surface area contributed by atoms with E-state index in [1.807, 2.05) is 6.92 Å². The third-order valence-electron chi connectivity index (χ3n) is 4.38. The number of ether oxygens (including phenoxy) is 1. The fourth-order valence-electron chi connectivity index (χ4n) is 2.85.